The van der Waals surface area contributed by atoms with Crippen LogP contribution in [0.1, 0.15) is 25.0 Å². The number of thiazole rings is 1. The van der Waals surface area contributed by atoms with Gasteiger partial charge < -0.3 is 0 Å². The Balaban J connectivity index is 1.70. The number of hydrazone groups is 1. The number of aromatic nitrogens is 1. The van der Waals surface area contributed by atoms with Crippen LogP contribution < -0.4 is 5.43 Å². The van der Waals surface area contributed by atoms with E-state index in [9.17, 15) is 10.1 Å². The summed E-state index contributed by atoms with van der Waals surface area (Å²) >= 11 is 1.43. The molecule has 0 aliphatic rings. The average molecular weight is 366 g/mol. The van der Waals surface area contributed by atoms with E-state index in [1.165, 1.54) is 29.0 Å². The van der Waals surface area contributed by atoms with E-state index in [1.54, 1.807) is 12.1 Å². The zero-order valence-electron chi connectivity index (χ0n) is 14.5. The third-order valence-electron chi connectivity index (χ3n) is 3.98. The molecule has 0 aliphatic carbocycles. The molecule has 0 amide bonds. The summed E-state index contributed by atoms with van der Waals surface area (Å²) in [7, 11) is 0. The monoisotopic (exact) mass is 366 g/mol. The Morgan fingerprint density at radius 3 is 2.50 bits per heavy atom. The summed E-state index contributed by atoms with van der Waals surface area (Å²) < 4.78 is 0. The molecule has 26 heavy (non-hydrogen) atoms. The van der Waals surface area contributed by atoms with Crippen molar-refractivity contribution >= 4 is 27.9 Å². The zero-order valence-corrected chi connectivity index (χ0v) is 15.3. The summed E-state index contributed by atoms with van der Waals surface area (Å²) in [5.74, 6) is 0. The van der Waals surface area contributed by atoms with Crippen molar-refractivity contribution in [2.45, 2.75) is 20.3 Å². The number of hydrogen-bond donors (Lipinski definition) is 1. The molecular weight excluding hydrogens is 348 g/mol. The van der Waals surface area contributed by atoms with Crippen LogP contribution in [0.2, 0.25) is 0 Å². The van der Waals surface area contributed by atoms with Gasteiger partial charge in [0, 0.05) is 23.1 Å². The number of hydrogen-bond acceptors (Lipinski definition) is 6. The molecule has 3 aromatic rings. The number of non-ortho nitro benzene ring substituents is 1. The van der Waals surface area contributed by atoms with Crippen LogP contribution in [0.25, 0.3) is 11.3 Å². The maximum atomic E-state index is 10.7. The second-order valence-corrected chi connectivity index (χ2v) is 6.56. The zero-order chi connectivity index (χ0) is 18.5. The molecule has 1 N–H and O–H groups in total. The van der Waals surface area contributed by atoms with Gasteiger partial charge in [0.15, 0.2) is 0 Å². The average Bonchev–Trinajstić information content (AvgIpc) is 3.15. The first-order valence-electron chi connectivity index (χ1n) is 8.17. The third-order valence-corrected chi connectivity index (χ3v) is 4.72. The van der Waals surface area contributed by atoms with E-state index in [0.717, 1.165) is 29.0 Å². The Morgan fingerprint density at radius 1 is 1.19 bits per heavy atom. The Kier molecular flexibility index (Phi) is 5.38. The van der Waals surface area contributed by atoms with Crippen molar-refractivity contribution in [3.05, 3.63) is 75.2 Å². The molecule has 0 spiro atoms. The summed E-state index contributed by atoms with van der Waals surface area (Å²) in [6.45, 7) is 4.07. The number of aryl methyl sites for hydroxylation is 1. The molecule has 0 saturated carbocycles. The molecule has 0 fully saturated rings. The lowest BCUT2D eigenvalue weighted by Gasteiger charge is -2.03. The lowest BCUT2D eigenvalue weighted by Crippen LogP contribution is -1.99. The van der Waals surface area contributed by atoms with Crippen LogP contribution in [0.4, 0.5) is 10.8 Å². The minimum atomic E-state index is -0.414. The van der Waals surface area contributed by atoms with E-state index in [4.69, 9.17) is 0 Å². The van der Waals surface area contributed by atoms with Crippen molar-refractivity contribution in [3.8, 4) is 11.3 Å². The third kappa shape index (κ3) is 4.12. The fraction of sp³-hybridized carbons (Fsp3) is 0.158. The smallest absolute Gasteiger partial charge is 0.258 e. The highest BCUT2D eigenvalue weighted by Gasteiger charge is 2.08. The van der Waals surface area contributed by atoms with Gasteiger partial charge in [-0.1, -0.05) is 31.2 Å². The topological polar surface area (TPSA) is 80.4 Å². The summed E-state index contributed by atoms with van der Waals surface area (Å²) in [6, 6.07) is 14.7. The highest BCUT2D eigenvalue weighted by molar-refractivity contribution is 7.14. The molecule has 0 saturated heterocycles. The molecule has 3 rings (SSSR count). The summed E-state index contributed by atoms with van der Waals surface area (Å²) in [5.41, 5.74) is 7.86. The summed E-state index contributed by atoms with van der Waals surface area (Å²) in [4.78, 5) is 14.8. The molecular formula is C19H18N4O2S. The van der Waals surface area contributed by atoms with Crippen molar-refractivity contribution in [3.63, 3.8) is 0 Å². The van der Waals surface area contributed by atoms with Crippen LogP contribution in [0.3, 0.4) is 0 Å². The molecule has 7 heteroatoms. The van der Waals surface area contributed by atoms with Crippen LogP contribution >= 0.6 is 11.3 Å². The van der Waals surface area contributed by atoms with E-state index >= 15 is 0 Å². The number of benzene rings is 2. The second kappa shape index (κ2) is 7.88. The van der Waals surface area contributed by atoms with Gasteiger partial charge in [-0.15, -0.1) is 11.3 Å². The first-order chi connectivity index (χ1) is 12.6. The maximum absolute atomic E-state index is 10.7. The Labute approximate surface area is 155 Å². The molecule has 0 bridgehead atoms. The molecule has 0 unspecified atom stereocenters. The van der Waals surface area contributed by atoms with Crippen LogP contribution in [0.5, 0.6) is 0 Å². The fourth-order valence-corrected chi connectivity index (χ4v) is 3.05. The van der Waals surface area contributed by atoms with Crippen molar-refractivity contribution in [1.82, 2.24) is 4.98 Å². The van der Waals surface area contributed by atoms with Gasteiger partial charge in [0.1, 0.15) is 0 Å². The first-order valence-corrected chi connectivity index (χ1v) is 9.04. The molecule has 1 heterocycles. The lowest BCUT2D eigenvalue weighted by molar-refractivity contribution is -0.384. The largest absolute Gasteiger partial charge is 0.269 e. The predicted molar refractivity (Wildman–Crippen MR) is 106 cm³/mol. The highest BCUT2D eigenvalue weighted by atomic mass is 32.1. The number of nitrogens with one attached hydrogen (secondary N) is 1. The van der Waals surface area contributed by atoms with E-state index < -0.39 is 4.92 Å². The Morgan fingerprint density at radius 2 is 1.88 bits per heavy atom. The summed E-state index contributed by atoms with van der Waals surface area (Å²) in [5, 5.41) is 17.7. The van der Waals surface area contributed by atoms with Crippen LogP contribution in [0.15, 0.2) is 59.0 Å². The van der Waals surface area contributed by atoms with E-state index in [0.29, 0.717) is 5.13 Å². The number of nitro groups is 1. The quantitative estimate of drug-likeness (QED) is 0.373. The van der Waals surface area contributed by atoms with E-state index in [2.05, 4.69) is 46.7 Å². The predicted octanol–water partition coefficient (Wildman–Crippen LogP) is 5.12. The standard InChI is InChI=1S/C19H18N4O2S/c1-3-14-4-6-15(7-5-14)13(2)21-22-19-20-18(12-26-19)16-8-10-17(11-9-16)23(24)25/h4-12H,3H2,1-2H3,(H,20,22)/b21-13-. The van der Waals surface area contributed by atoms with Crippen LogP contribution in [-0.4, -0.2) is 15.6 Å². The minimum Gasteiger partial charge on any atom is -0.258 e. The van der Waals surface area contributed by atoms with E-state index in [1.807, 2.05) is 12.3 Å². The SMILES string of the molecule is CCc1ccc(/C(C)=N\Nc2nc(-c3ccc([N+](=O)[O-])cc3)cs2)cc1. The van der Waals surface area contributed by atoms with Crippen molar-refractivity contribution in [2.24, 2.45) is 5.10 Å². The normalized spacial score (nSPS) is 11.4. The van der Waals surface area contributed by atoms with Gasteiger partial charge in [-0.2, -0.15) is 5.10 Å². The van der Waals surface area contributed by atoms with Crippen molar-refractivity contribution < 1.29 is 4.92 Å². The van der Waals surface area contributed by atoms with Crippen LogP contribution in [-0.2, 0) is 6.42 Å². The Bertz CT molecular complexity index is 931. The highest BCUT2D eigenvalue weighted by Crippen LogP contribution is 2.26. The molecule has 0 atom stereocenters. The minimum absolute atomic E-state index is 0.0663. The number of nitrogens with zero attached hydrogens (tertiary/aromatic N) is 3. The van der Waals surface area contributed by atoms with Crippen LogP contribution in [0, 0.1) is 10.1 Å². The van der Waals surface area contributed by atoms with Gasteiger partial charge in [-0.05, 0) is 36.6 Å². The molecule has 0 aliphatic heterocycles. The molecule has 1 aromatic heterocycles. The molecule has 6 nitrogen and oxygen atoms in total. The van der Waals surface area contributed by atoms with Gasteiger partial charge in [-0.3, -0.25) is 15.5 Å². The first kappa shape index (κ1) is 17.8. The van der Waals surface area contributed by atoms with Gasteiger partial charge in [0.2, 0.25) is 5.13 Å². The maximum Gasteiger partial charge on any atom is 0.269 e. The number of nitro benzene ring substituents is 1. The van der Waals surface area contributed by atoms with E-state index in [-0.39, 0.29) is 5.69 Å². The Hall–Kier alpha value is -3.06. The molecule has 2 aromatic carbocycles. The summed E-state index contributed by atoms with van der Waals surface area (Å²) in [6.07, 6.45) is 1.01. The lowest BCUT2D eigenvalue weighted by atomic mass is 10.1. The van der Waals surface area contributed by atoms with Gasteiger partial charge in [0.05, 0.1) is 16.3 Å². The fourth-order valence-electron chi connectivity index (χ4n) is 2.39. The molecule has 132 valence electrons. The van der Waals surface area contributed by atoms with Crippen molar-refractivity contribution in [2.75, 3.05) is 5.43 Å². The second-order valence-electron chi connectivity index (χ2n) is 5.70. The van der Waals surface area contributed by atoms with Crippen molar-refractivity contribution in [1.29, 1.82) is 0 Å². The van der Waals surface area contributed by atoms with Gasteiger partial charge in [0.25, 0.3) is 5.69 Å². The molecule has 0 radical (unpaired) electrons. The van der Waals surface area contributed by atoms with Gasteiger partial charge in [-0.25, -0.2) is 4.98 Å². The number of anilines is 1. The van der Waals surface area contributed by atoms with Gasteiger partial charge >= 0.3 is 0 Å². The number of rotatable bonds is 6.